The van der Waals surface area contributed by atoms with E-state index >= 15 is 0 Å². The average molecular weight is 237 g/mol. The lowest BCUT2D eigenvalue weighted by Crippen LogP contribution is -2.25. The van der Waals surface area contributed by atoms with Gasteiger partial charge in [-0.1, -0.05) is 27.7 Å². The zero-order valence-electron chi connectivity index (χ0n) is 11.7. The Morgan fingerprint density at radius 3 is 2.53 bits per heavy atom. The lowest BCUT2D eigenvalue weighted by molar-refractivity contribution is 0.274. The molecule has 4 heteroatoms. The van der Waals surface area contributed by atoms with Crippen LogP contribution < -0.4 is 10.1 Å². The van der Waals surface area contributed by atoms with Crippen LogP contribution in [0.15, 0.2) is 6.33 Å². The van der Waals surface area contributed by atoms with Crippen molar-refractivity contribution in [3.63, 3.8) is 0 Å². The van der Waals surface area contributed by atoms with Crippen molar-refractivity contribution in [1.82, 2.24) is 9.97 Å². The predicted octanol–water partition coefficient (Wildman–Crippen LogP) is 2.89. The quantitative estimate of drug-likeness (QED) is 0.874. The van der Waals surface area contributed by atoms with Gasteiger partial charge in [0.15, 0.2) is 0 Å². The lowest BCUT2D eigenvalue weighted by Gasteiger charge is -2.27. The Bertz CT molecular complexity index is 371. The van der Waals surface area contributed by atoms with Gasteiger partial charge in [0.25, 0.3) is 0 Å². The Morgan fingerprint density at radius 1 is 1.35 bits per heavy atom. The number of nitrogens with one attached hydrogen (secondary N) is 1. The molecule has 4 nitrogen and oxygen atoms in total. The normalized spacial score (nSPS) is 13.3. The molecule has 1 rings (SSSR count). The summed E-state index contributed by atoms with van der Waals surface area (Å²) in [6.45, 7) is 11.8. The van der Waals surface area contributed by atoms with Gasteiger partial charge in [0, 0.05) is 6.54 Å². The highest BCUT2D eigenvalue weighted by molar-refractivity contribution is 5.47. The van der Waals surface area contributed by atoms with Gasteiger partial charge >= 0.3 is 0 Å². The first-order valence-corrected chi connectivity index (χ1v) is 5.95. The minimum atomic E-state index is 0.290. The third-order valence-electron chi connectivity index (χ3n) is 3.29. The highest BCUT2D eigenvalue weighted by atomic mass is 16.5. The molecule has 0 radical (unpaired) electrons. The van der Waals surface area contributed by atoms with E-state index < -0.39 is 0 Å². The van der Waals surface area contributed by atoms with Gasteiger partial charge in [0.05, 0.1) is 12.7 Å². The highest BCUT2D eigenvalue weighted by Gasteiger charge is 2.20. The number of hydrogen-bond acceptors (Lipinski definition) is 4. The smallest absolute Gasteiger partial charge is 0.221 e. The van der Waals surface area contributed by atoms with E-state index in [-0.39, 0.29) is 5.41 Å². The molecule has 1 aromatic rings. The Kier molecular flexibility index (Phi) is 4.32. The molecule has 0 amide bonds. The van der Waals surface area contributed by atoms with E-state index in [1.807, 2.05) is 6.92 Å². The fraction of sp³-hybridized carbons (Fsp3) is 0.692. The first-order chi connectivity index (χ1) is 7.86. The van der Waals surface area contributed by atoms with Crippen LogP contribution in [0, 0.1) is 18.3 Å². The maximum atomic E-state index is 5.17. The monoisotopic (exact) mass is 237 g/mol. The summed E-state index contributed by atoms with van der Waals surface area (Å²) in [5.41, 5.74) is 1.24. The van der Waals surface area contributed by atoms with Crippen molar-refractivity contribution in [2.75, 3.05) is 19.0 Å². The molecule has 0 aromatic carbocycles. The van der Waals surface area contributed by atoms with E-state index in [4.69, 9.17) is 4.74 Å². The molecule has 0 spiro atoms. The van der Waals surface area contributed by atoms with E-state index in [1.54, 1.807) is 7.11 Å². The van der Waals surface area contributed by atoms with Gasteiger partial charge < -0.3 is 10.1 Å². The van der Waals surface area contributed by atoms with Crippen molar-refractivity contribution in [3.05, 3.63) is 11.9 Å². The summed E-state index contributed by atoms with van der Waals surface area (Å²) >= 11 is 0. The van der Waals surface area contributed by atoms with Gasteiger partial charge in [-0.25, -0.2) is 9.97 Å². The van der Waals surface area contributed by atoms with E-state index in [9.17, 15) is 0 Å². The van der Waals surface area contributed by atoms with Crippen molar-refractivity contribution in [1.29, 1.82) is 0 Å². The van der Waals surface area contributed by atoms with Crippen LogP contribution in [0.2, 0.25) is 0 Å². The summed E-state index contributed by atoms with van der Waals surface area (Å²) < 4.78 is 5.17. The topological polar surface area (TPSA) is 47.0 Å². The summed E-state index contributed by atoms with van der Waals surface area (Å²) in [5.74, 6) is 2.04. The number of ether oxygens (including phenoxy) is 1. The van der Waals surface area contributed by atoms with Crippen LogP contribution in [0.3, 0.4) is 0 Å². The summed E-state index contributed by atoms with van der Waals surface area (Å²) in [4.78, 5) is 8.30. The summed E-state index contributed by atoms with van der Waals surface area (Å²) in [6.07, 6.45) is 1.52. The van der Waals surface area contributed by atoms with Gasteiger partial charge in [-0.15, -0.1) is 0 Å². The summed E-state index contributed by atoms with van der Waals surface area (Å²) in [6, 6.07) is 0. The second-order valence-corrected chi connectivity index (χ2v) is 5.50. The molecule has 1 atom stereocenters. The van der Waals surface area contributed by atoms with Crippen molar-refractivity contribution in [2.24, 2.45) is 11.3 Å². The van der Waals surface area contributed by atoms with Crippen LogP contribution in [0.4, 0.5) is 5.82 Å². The minimum absolute atomic E-state index is 0.290. The third kappa shape index (κ3) is 3.58. The number of nitrogens with zero attached hydrogens (tertiary/aromatic N) is 2. The number of hydrogen-bond donors (Lipinski definition) is 1. The molecule has 96 valence electrons. The number of methoxy groups -OCH3 is 1. The SMILES string of the molecule is COc1ncnc(NCC(C)C(C)(C)C)c1C. The average Bonchev–Trinajstić information content (AvgIpc) is 2.26. The van der Waals surface area contributed by atoms with Gasteiger partial charge in [0.2, 0.25) is 5.88 Å². The van der Waals surface area contributed by atoms with Crippen molar-refractivity contribution >= 4 is 5.82 Å². The zero-order valence-corrected chi connectivity index (χ0v) is 11.7. The van der Waals surface area contributed by atoms with Crippen molar-refractivity contribution < 1.29 is 4.74 Å². The van der Waals surface area contributed by atoms with Crippen LogP contribution in [-0.4, -0.2) is 23.6 Å². The summed E-state index contributed by atoms with van der Waals surface area (Å²) in [5, 5.41) is 3.36. The molecule has 0 aliphatic heterocycles. The molecule has 0 saturated heterocycles. The van der Waals surface area contributed by atoms with Crippen LogP contribution in [0.5, 0.6) is 5.88 Å². The van der Waals surface area contributed by atoms with Gasteiger partial charge in [-0.2, -0.15) is 0 Å². The molecule has 0 saturated carbocycles. The highest BCUT2D eigenvalue weighted by Crippen LogP contribution is 2.26. The maximum Gasteiger partial charge on any atom is 0.221 e. The largest absolute Gasteiger partial charge is 0.481 e. The minimum Gasteiger partial charge on any atom is -0.481 e. The van der Waals surface area contributed by atoms with Crippen LogP contribution in [0.25, 0.3) is 0 Å². The molecule has 1 aromatic heterocycles. The van der Waals surface area contributed by atoms with Gasteiger partial charge in [-0.05, 0) is 18.3 Å². The van der Waals surface area contributed by atoms with Gasteiger partial charge in [-0.3, -0.25) is 0 Å². The molecular formula is C13H23N3O. The van der Waals surface area contributed by atoms with E-state index in [0.29, 0.717) is 11.8 Å². The van der Waals surface area contributed by atoms with Crippen LogP contribution >= 0.6 is 0 Å². The van der Waals surface area contributed by atoms with Crippen LogP contribution in [0.1, 0.15) is 33.3 Å². The molecular weight excluding hydrogens is 214 g/mol. The fourth-order valence-corrected chi connectivity index (χ4v) is 1.37. The van der Waals surface area contributed by atoms with Crippen LogP contribution in [-0.2, 0) is 0 Å². The molecule has 17 heavy (non-hydrogen) atoms. The van der Waals surface area contributed by atoms with E-state index in [2.05, 4.69) is 43.0 Å². The molecule has 0 bridgehead atoms. The number of rotatable bonds is 4. The Labute approximate surface area is 104 Å². The number of aromatic nitrogens is 2. The number of anilines is 1. The summed E-state index contributed by atoms with van der Waals surface area (Å²) in [7, 11) is 1.62. The predicted molar refractivity (Wildman–Crippen MR) is 70.4 cm³/mol. The molecule has 0 aliphatic carbocycles. The first-order valence-electron chi connectivity index (χ1n) is 5.95. The first kappa shape index (κ1) is 13.7. The second kappa shape index (κ2) is 5.34. The molecule has 1 N–H and O–H groups in total. The Balaban J connectivity index is 2.70. The zero-order chi connectivity index (χ0) is 13.1. The Morgan fingerprint density at radius 2 is 2.00 bits per heavy atom. The van der Waals surface area contributed by atoms with Gasteiger partial charge in [0.1, 0.15) is 12.1 Å². The standard InChI is InChI=1S/C13H23N3O/c1-9(13(3,4)5)7-14-11-10(2)12(17-6)16-8-15-11/h8-9H,7H2,1-6H3,(H,14,15,16). The molecule has 0 fully saturated rings. The van der Waals surface area contributed by atoms with Crippen molar-refractivity contribution in [3.8, 4) is 5.88 Å². The van der Waals surface area contributed by atoms with E-state index in [1.165, 1.54) is 6.33 Å². The maximum absolute atomic E-state index is 5.17. The third-order valence-corrected chi connectivity index (χ3v) is 3.29. The molecule has 1 heterocycles. The lowest BCUT2D eigenvalue weighted by atomic mass is 9.82. The van der Waals surface area contributed by atoms with Crippen molar-refractivity contribution in [2.45, 2.75) is 34.6 Å². The second-order valence-electron chi connectivity index (χ2n) is 5.50. The fourth-order valence-electron chi connectivity index (χ4n) is 1.37. The molecule has 0 aliphatic rings. The Hall–Kier alpha value is -1.32. The molecule has 1 unspecified atom stereocenters. The van der Waals surface area contributed by atoms with E-state index in [0.717, 1.165) is 17.9 Å².